The summed E-state index contributed by atoms with van der Waals surface area (Å²) < 4.78 is 10.6. The number of nitrogens with zero attached hydrogens (tertiary/aromatic N) is 1. The van der Waals surface area contributed by atoms with Crippen LogP contribution in [0.3, 0.4) is 0 Å². The van der Waals surface area contributed by atoms with Gasteiger partial charge in [-0.25, -0.2) is 0 Å². The van der Waals surface area contributed by atoms with Gasteiger partial charge in [0.1, 0.15) is 5.75 Å². The summed E-state index contributed by atoms with van der Waals surface area (Å²) in [5.74, 6) is 2.34. The van der Waals surface area contributed by atoms with Crippen molar-refractivity contribution in [1.82, 2.24) is 5.16 Å². The number of hydrogen-bond donors (Lipinski definition) is 1. The van der Waals surface area contributed by atoms with Crippen LogP contribution >= 0.6 is 0 Å². The van der Waals surface area contributed by atoms with Crippen LogP contribution in [0.5, 0.6) is 5.75 Å². The second-order valence-electron chi connectivity index (χ2n) is 5.62. The molecule has 20 heavy (non-hydrogen) atoms. The smallest absolute Gasteiger partial charge is 0.230 e. The molecule has 1 aliphatic rings. The molecular formula is C16H20N2O2. The van der Waals surface area contributed by atoms with E-state index in [2.05, 4.69) is 12.1 Å². The fourth-order valence-corrected chi connectivity index (χ4v) is 2.71. The molecule has 1 aromatic heterocycles. The second kappa shape index (κ2) is 4.85. The molecule has 106 valence electrons. The maximum atomic E-state index is 5.99. The summed E-state index contributed by atoms with van der Waals surface area (Å²) in [6.45, 7) is 4.22. The minimum Gasteiger partial charge on any atom is -0.496 e. The quantitative estimate of drug-likeness (QED) is 0.920. The molecule has 1 unspecified atom stereocenters. The Labute approximate surface area is 118 Å². The average molecular weight is 272 g/mol. The molecule has 0 radical (unpaired) electrons. The lowest BCUT2D eigenvalue weighted by atomic mass is 9.94. The normalized spacial score (nSPS) is 16.1. The van der Waals surface area contributed by atoms with Crippen molar-refractivity contribution in [3.8, 4) is 16.9 Å². The topological polar surface area (TPSA) is 61.3 Å². The maximum Gasteiger partial charge on any atom is 0.230 e. The van der Waals surface area contributed by atoms with Gasteiger partial charge in [-0.1, -0.05) is 24.2 Å². The van der Waals surface area contributed by atoms with Crippen molar-refractivity contribution in [3.63, 3.8) is 0 Å². The minimum absolute atomic E-state index is 0.387. The number of rotatable bonds is 4. The van der Waals surface area contributed by atoms with Crippen molar-refractivity contribution < 1.29 is 9.26 Å². The minimum atomic E-state index is 0.387. The van der Waals surface area contributed by atoms with Gasteiger partial charge in [0.2, 0.25) is 5.88 Å². The van der Waals surface area contributed by atoms with Crippen LogP contribution < -0.4 is 10.5 Å². The number of ether oxygens (including phenoxy) is 1. The third-order valence-corrected chi connectivity index (χ3v) is 4.20. The third-order valence-electron chi connectivity index (χ3n) is 4.20. The summed E-state index contributed by atoms with van der Waals surface area (Å²) >= 11 is 0. The van der Waals surface area contributed by atoms with E-state index in [0.29, 0.717) is 17.7 Å². The van der Waals surface area contributed by atoms with Crippen LogP contribution in [0, 0.1) is 12.8 Å². The molecule has 1 fully saturated rings. The molecule has 2 N–H and O–H groups in total. The fraction of sp³-hybridized carbons (Fsp3) is 0.438. The van der Waals surface area contributed by atoms with Gasteiger partial charge in [-0.15, -0.1) is 0 Å². The number of hydrogen-bond acceptors (Lipinski definition) is 4. The number of nitrogen functional groups attached to an aromatic ring is 1. The summed E-state index contributed by atoms with van der Waals surface area (Å²) in [6.07, 6.45) is 2.54. The van der Waals surface area contributed by atoms with Crippen LogP contribution in [-0.4, -0.2) is 12.3 Å². The van der Waals surface area contributed by atoms with Crippen molar-refractivity contribution in [2.45, 2.75) is 32.6 Å². The number of nitrogens with two attached hydrogens (primary N) is 1. The Morgan fingerprint density at radius 1 is 1.40 bits per heavy atom. The van der Waals surface area contributed by atoms with E-state index in [9.17, 15) is 0 Å². The van der Waals surface area contributed by atoms with Gasteiger partial charge in [-0.2, -0.15) is 0 Å². The Hall–Kier alpha value is -1.97. The van der Waals surface area contributed by atoms with E-state index in [1.165, 1.54) is 12.8 Å². The monoisotopic (exact) mass is 272 g/mol. The molecule has 0 spiro atoms. The van der Waals surface area contributed by atoms with E-state index in [1.54, 1.807) is 7.11 Å². The predicted octanol–water partition coefficient (Wildman–Crippen LogP) is 3.75. The highest BCUT2D eigenvalue weighted by molar-refractivity contribution is 5.77. The molecule has 0 bridgehead atoms. The molecule has 3 rings (SSSR count). The average Bonchev–Trinajstić information content (AvgIpc) is 3.22. The van der Waals surface area contributed by atoms with E-state index in [1.807, 2.05) is 25.1 Å². The molecule has 0 aliphatic heterocycles. The van der Waals surface area contributed by atoms with Gasteiger partial charge >= 0.3 is 0 Å². The molecule has 4 heteroatoms. The lowest BCUT2D eigenvalue weighted by Gasteiger charge is -2.11. The van der Waals surface area contributed by atoms with E-state index in [-0.39, 0.29) is 0 Å². The predicted molar refractivity (Wildman–Crippen MR) is 78.8 cm³/mol. The van der Waals surface area contributed by atoms with Gasteiger partial charge in [-0.05, 0) is 42.9 Å². The number of aromatic nitrogens is 1. The van der Waals surface area contributed by atoms with E-state index in [4.69, 9.17) is 15.0 Å². The molecule has 0 amide bonds. The van der Waals surface area contributed by atoms with Crippen LogP contribution in [-0.2, 0) is 0 Å². The second-order valence-corrected chi connectivity index (χ2v) is 5.62. The number of methoxy groups -OCH3 is 1. The third kappa shape index (κ3) is 2.15. The highest BCUT2D eigenvalue weighted by atomic mass is 16.5. The van der Waals surface area contributed by atoms with Crippen LogP contribution in [0.4, 0.5) is 5.88 Å². The van der Waals surface area contributed by atoms with Crippen LogP contribution in [0.15, 0.2) is 22.7 Å². The maximum absolute atomic E-state index is 5.99. The van der Waals surface area contributed by atoms with Gasteiger partial charge in [0.15, 0.2) is 0 Å². The molecule has 0 saturated heterocycles. The van der Waals surface area contributed by atoms with Crippen LogP contribution in [0.25, 0.3) is 11.1 Å². The van der Waals surface area contributed by atoms with Crippen molar-refractivity contribution in [3.05, 3.63) is 29.5 Å². The first-order valence-corrected chi connectivity index (χ1v) is 7.02. The van der Waals surface area contributed by atoms with Gasteiger partial charge in [-0.3, -0.25) is 0 Å². The molecule has 1 aromatic carbocycles. The van der Waals surface area contributed by atoms with Crippen molar-refractivity contribution in [2.75, 3.05) is 12.8 Å². The first kappa shape index (κ1) is 13.0. The number of benzene rings is 1. The highest BCUT2D eigenvalue weighted by Crippen LogP contribution is 2.46. The van der Waals surface area contributed by atoms with Crippen LogP contribution in [0.1, 0.15) is 36.9 Å². The Balaban J connectivity index is 2.07. The highest BCUT2D eigenvalue weighted by Gasteiger charge is 2.33. The molecule has 1 saturated carbocycles. The van der Waals surface area contributed by atoms with Gasteiger partial charge in [0.05, 0.1) is 18.4 Å². The van der Waals surface area contributed by atoms with Gasteiger partial charge in [0.25, 0.3) is 0 Å². The summed E-state index contributed by atoms with van der Waals surface area (Å²) in [5.41, 5.74) is 9.99. The fourth-order valence-electron chi connectivity index (χ4n) is 2.71. The van der Waals surface area contributed by atoms with Crippen molar-refractivity contribution >= 4 is 5.88 Å². The lowest BCUT2D eigenvalue weighted by molar-refractivity contribution is 0.412. The van der Waals surface area contributed by atoms with Crippen molar-refractivity contribution in [1.29, 1.82) is 0 Å². The zero-order valence-electron chi connectivity index (χ0n) is 12.1. The zero-order valence-corrected chi connectivity index (χ0v) is 12.1. The summed E-state index contributed by atoms with van der Waals surface area (Å²) in [7, 11) is 1.68. The molecule has 1 atom stereocenters. The number of aryl methyl sites for hydroxylation is 1. The van der Waals surface area contributed by atoms with E-state index in [0.717, 1.165) is 28.1 Å². The Morgan fingerprint density at radius 2 is 2.15 bits per heavy atom. The van der Waals surface area contributed by atoms with Gasteiger partial charge < -0.3 is 15.0 Å². The first-order valence-electron chi connectivity index (χ1n) is 7.02. The lowest BCUT2D eigenvalue weighted by Crippen LogP contribution is -1.99. The van der Waals surface area contributed by atoms with Crippen LogP contribution in [0.2, 0.25) is 0 Å². The van der Waals surface area contributed by atoms with E-state index >= 15 is 0 Å². The van der Waals surface area contributed by atoms with Crippen molar-refractivity contribution in [2.24, 2.45) is 5.92 Å². The Morgan fingerprint density at radius 3 is 2.80 bits per heavy atom. The molecule has 2 aromatic rings. The molecular weight excluding hydrogens is 252 g/mol. The Bertz CT molecular complexity index is 629. The number of anilines is 1. The summed E-state index contributed by atoms with van der Waals surface area (Å²) in [5, 5.41) is 4.19. The van der Waals surface area contributed by atoms with E-state index < -0.39 is 0 Å². The SMILES string of the molecule is COc1cc(-c2c(C(C)C3CC3)noc2N)ccc1C. The van der Waals surface area contributed by atoms with Gasteiger partial charge in [0, 0.05) is 5.92 Å². The molecule has 4 nitrogen and oxygen atoms in total. The summed E-state index contributed by atoms with van der Waals surface area (Å²) in [4.78, 5) is 0. The largest absolute Gasteiger partial charge is 0.496 e. The first-order chi connectivity index (χ1) is 9.61. The standard InChI is InChI=1S/C16H20N2O2/c1-9-4-5-12(8-13(9)19-3)14-15(18-20-16(14)17)10(2)11-6-7-11/h4-5,8,10-11H,6-7,17H2,1-3H3. The molecule has 1 heterocycles. The zero-order chi connectivity index (χ0) is 14.3. The summed E-state index contributed by atoms with van der Waals surface area (Å²) in [6, 6.07) is 6.08. The Kier molecular flexibility index (Phi) is 3.16. The molecule has 1 aliphatic carbocycles.